The summed E-state index contributed by atoms with van der Waals surface area (Å²) >= 11 is 7.32. The van der Waals surface area contributed by atoms with Crippen LogP contribution in [0.15, 0.2) is 88.2 Å². The molecule has 4 aromatic rings. The number of nitrogens with one attached hydrogen (secondary N) is 1. The fourth-order valence-corrected chi connectivity index (χ4v) is 4.35. The first-order chi connectivity index (χ1) is 15.4. The molecule has 0 bridgehead atoms. The molecular formula is C22H15ClFN3O3S2. The monoisotopic (exact) mass is 487 g/mol. The van der Waals surface area contributed by atoms with E-state index in [4.69, 9.17) is 15.8 Å². The van der Waals surface area contributed by atoms with Crippen molar-refractivity contribution in [2.75, 3.05) is 5.43 Å². The summed E-state index contributed by atoms with van der Waals surface area (Å²) in [6.45, 7) is 0. The predicted molar refractivity (Wildman–Crippen MR) is 124 cm³/mol. The van der Waals surface area contributed by atoms with E-state index in [1.807, 2.05) is 17.5 Å². The van der Waals surface area contributed by atoms with Gasteiger partial charge in [-0.05, 0) is 66.2 Å². The number of halogens is 2. The highest BCUT2D eigenvalue weighted by Crippen LogP contribution is 2.26. The average molecular weight is 488 g/mol. The van der Waals surface area contributed by atoms with Crippen molar-refractivity contribution in [1.82, 2.24) is 4.98 Å². The second kappa shape index (κ2) is 9.47. The third kappa shape index (κ3) is 5.50. The van der Waals surface area contributed by atoms with E-state index in [1.54, 1.807) is 30.5 Å². The Bertz CT molecular complexity index is 1340. The third-order valence-electron chi connectivity index (χ3n) is 4.21. The lowest BCUT2D eigenvalue weighted by atomic mass is 10.2. The summed E-state index contributed by atoms with van der Waals surface area (Å²) in [6.07, 6.45) is 1.57. The molecule has 0 radical (unpaired) electrons. The maximum absolute atomic E-state index is 13.0. The molecule has 0 aliphatic carbocycles. The Kier molecular flexibility index (Phi) is 6.50. The van der Waals surface area contributed by atoms with Crippen molar-refractivity contribution in [3.05, 3.63) is 94.6 Å². The van der Waals surface area contributed by atoms with Crippen LogP contribution >= 0.6 is 22.9 Å². The number of hydrogen-bond donors (Lipinski definition) is 1. The first-order valence-electron chi connectivity index (χ1n) is 9.20. The minimum atomic E-state index is -4.05. The van der Waals surface area contributed by atoms with Gasteiger partial charge in [0.2, 0.25) is 5.13 Å². The van der Waals surface area contributed by atoms with Crippen molar-refractivity contribution in [3.8, 4) is 17.0 Å². The molecule has 32 heavy (non-hydrogen) atoms. The number of aromatic nitrogens is 1. The molecule has 6 nitrogen and oxygen atoms in total. The lowest BCUT2D eigenvalue weighted by Gasteiger charge is -2.07. The van der Waals surface area contributed by atoms with Gasteiger partial charge in [-0.25, -0.2) is 9.37 Å². The Morgan fingerprint density at radius 2 is 1.69 bits per heavy atom. The highest BCUT2D eigenvalue weighted by molar-refractivity contribution is 7.87. The van der Waals surface area contributed by atoms with Gasteiger partial charge in [-0.1, -0.05) is 23.7 Å². The van der Waals surface area contributed by atoms with E-state index in [2.05, 4.69) is 15.5 Å². The quantitative estimate of drug-likeness (QED) is 0.202. The van der Waals surface area contributed by atoms with Crippen molar-refractivity contribution < 1.29 is 17.0 Å². The van der Waals surface area contributed by atoms with E-state index >= 15 is 0 Å². The molecule has 0 aliphatic rings. The summed E-state index contributed by atoms with van der Waals surface area (Å²) in [5.74, 6) is -0.396. The van der Waals surface area contributed by atoms with E-state index in [9.17, 15) is 12.8 Å². The summed E-state index contributed by atoms with van der Waals surface area (Å²) in [5.41, 5.74) is 5.35. The zero-order chi connectivity index (χ0) is 22.6. The zero-order valence-corrected chi connectivity index (χ0v) is 18.7. The van der Waals surface area contributed by atoms with E-state index < -0.39 is 15.9 Å². The molecule has 0 unspecified atom stereocenters. The number of nitrogens with zero attached hydrogens (tertiary/aromatic N) is 2. The fraction of sp³-hybridized carbons (Fsp3) is 0. The van der Waals surface area contributed by atoms with Crippen LogP contribution in [0.2, 0.25) is 5.02 Å². The van der Waals surface area contributed by atoms with Gasteiger partial charge in [-0.2, -0.15) is 13.5 Å². The van der Waals surface area contributed by atoms with Gasteiger partial charge < -0.3 is 4.18 Å². The smallest absolute Gasteiger partial charge is 0.339 e. The molecule has 0 atom stereocenters. The Morgan fingerprint density at radius 1 is 1.00 bits per heavy atom. The van der Waals surface area contributed by atoms with Gasteiger partial charge in [-0.15, -0.1) is 11.3 Å². The normalized spacial score (nSPS) is 11.6. The van der Waals surface area contributed by atoms with Crippen LogP contribution in [0.3, 0.4) is 0 Å². The number of rotatable bonds is 7. The van der Waals surface area contributed by atoms with Gasteiger partial charge in [0.1, 0.15) is 16.5 Å². The molecule has 0 saturated heterocycles. The Labute approximate surface area is 193 Å². The highest BCUT2D eigenvalue weighted by atomic mass is 35.5. The molecule has 0 aliphatic heterocycles. The van der Waals surface area contributed by atoms with Crippen LogP contribution in [0, 0.1) is 5.82 Å². The van der Waals surface area contributed by atoms with E-state index in [1.165, 1.54) is 23.5 Å². The van der Waals surface area contributed by atoms with Crippen LogP contribution in [0.25, 0.3) is 11.3 Å². The van der Waals surface area contributed by atoms with Crippen molar-refractivity contribution in [3.63, 3.8) is 0 Å². The minimum absolute atomic E-state index is 0.129. The Balaban J connectivity index is 1.36. The van der Waals surface area contributed by atoms with Crippen LogP contribution in [-0.2, 0) is 10.1 Å². The summed E-state index contributed by atoms with van der Waals surface area (Å²) in [7, 11) is -4.05. The maximum Gasteiger partial charge on any atom is 0.339 e. The lowest BCUT2D eigenvalue weighted by Crippen LogP contribution is -2.09. The lowest BCUT2D eigenvalue weighted by molar-refractivity contribution is 0.486. The van der Waals surface area contributed by atoms with Crippen LogP contribution in [0.5, 0.6) is 5.75 Å². The third-order valence-corrected chi connectivity index (χ3v) is 6.47. The number of anilines is 1. The number of benzene rings is 3. The minimum Gasteiger partial charge on any atom is -0.379 e. The molecule has 0 spiro atoms. The standard InChI is InChI=1S/C22H15ClFN3O3S2/c23-17-5-3-16(4-6-17)21-14-31-22(26-21)27-25-13-15-1-9-19(10-2-15)30-32(28,29)20-11-7-18(24)8-12-20/h1-14H,(H,26,27)/b25-13-. The molecule has 4 rings (SSSR count). The predicted octanol–water partition coefficient (Wildman–Crippen LogP) is 5.82. The number of hydrogen-bond acceptors (Lipinski definition) is 7. The molecule has 1 heterocycles. The van der Waals surface area contributed by atoms with E-state index in [0.717, 1.165) is 41.1 Å². The molecule has 0 fully saturated rings. The van der Waals surface area contributed by atoms with E-state index in [-0.39, 0.29) is 10.6 Å². The molecule has 10 heteroatoms. The van der Waals surface area contributed by atoms with Crippen LogP contribution < -0.4 is 9.61 Å². The molecule has 3 aromatic carbocycles. The first-order valence-corrected chi connectivity index (χ1v) is 11.9. The van der Waals surface area contributed by atoms with Gasteiger partial charge >= 0.3 is 10.1 Å². The second-order valence-electron chi connectivity index (χ2n) is 6.48. The van der Waals surface area contributed by atoms with Gasteiger partial charge in [-0.3, -0.25) is 5.43 Å². The second-order valence-corrected chi connectivity index (χ2v) is 9.32. The summed E-state index contributed by atoms with van der Waals surface area (Å²) in [4.78, 5) is 4.34. The van der Waals surface area contributed by atoms with Gasteiger partial charge in [0.15, 0.2) is 0 Å². The fourth-order valence-electron chi connectivity index (χ4n) is 2.63. The van der Waals surface area contributed by atoms with Gasteiger partial charge in [0, 0.05) is 16.0 Å². The average Bonchev–Trinajstić information content (AvgIpc) is 3.24. The van der Waals surface area contributed by atoms with Crippen molar-refractivity contribution >= 4 is 44.4 Å². The summed E-state index contributed by atoms with van der Waals surface area (Å²) < 4.78 is 42.6. The maximum atomic E-state index is 13.0. The van der Waals surface area contributed by atoms with Crippen molar-refractivity contribution in [1.29, 1.82) is 0 Å². The largest absolute Gasteiger partial charge is 0.379 e. The molecule has 162 valence electrons. The molecular weight excluding hydrogens is 473 g/mol. The van der Waals surface area contributed by atoms with Crippen molar-refractivity contribution in [2.24, 2.45) is 5.10 Å². The highest BCUT2D eigenvalue weighted by Gasteiger charge is 2.16. The van der Waals surface area contributed by atoms with Crippen LogP contribution in [-0.4, -0.2) is 19.6 Å². The number of hydrazone groups is 1. The van der Waals surface area contributed by atoms with Gasteiger partial charge in [0.25, 0.3) is 0 Å². The molecule has 0 amide bonds. The Morgan fingerprint density at radius 3 is 2.38 bits per heavy atom. The zero-order valence-electron chi connectivity index (χ0n) is 16.3. The van der Waals surface area contributed by atoms with E-state index in [0.29, 0.717) is 10.2 Å². The van der Waals surface area contributed by atoms with Crippen LogP contribution in [0.4, 0.5) is 9.52 Å². The topological polar surface area (TPSA) is 80.7 Å². The Hall–Kier alpha value is -3.27. The van der Waals surface area contributed by atoms with Crippen molar-refractivity contribution in [2.45, 2.75) is 4.90 Å². The summed E-state index contributed by atoms with van der Waals surface area (Å²) in [5, 5.41) is 7.35. The van der Waals surface area contributed by atoms with Crippen LogP contribution in [0.1, 0.15) is 5.56 Å². The first kappa shape index (κ1) is 21.9. The molecule has 1 N–H and O–H groups in total. The molecule has 0 saturated carbocycles. The number of thiazole rings is 1. The van der Waals surface area contributed by atoms with Gasteiger partial charge in [0.05, 0.1) is 11.9 Å². The SMILES string of the molecule is O=S(=O)(Oc1ccc(/C=N\Nc2nc(-c3ccc(Cl)cc3)cs2)cc1)c1ccc(F)cc1. The summed E-state index contributed by atoms with van der Waals surface area (Å²) in [6, 6.07) is 18.1. The molecule has 1 aromatic heterocycles.